The number of ether oxygens (including phenoxy) is 1. The second-order valence-electron chi connectivity index (χ2n) is 3.45. The van der Waals surface area contributed by atoms with Crippen LogP contribution in [0.15, 0.2) is 18.2 Å². The number of methoxy groups -OCH3 is 1. The van der Waals surface area contributed by atoms with Crippen LogP contribution in [0.2, 0.25) is 0 Å². The number of benzene rings is 1. The zero-order valence-electron chi connectivity index (χ0n) is 9.00. The minimum atomic E-state index is -0.0618. The first-order chi connectivity index (χ1) is 7.06. The Hall–Kier alpha value is -0.780. The first kappa shape index (κ1) is 12.3. The Morgan fingerprint density at radius 2 is 2.13 bits per heavy atom. The molecule has 0 bridgehead atoms. The molecule has 0 aliphatic rings. The molecule has 0 unspecified atom stereocenters. The molecule has 1 N–H and O–H groups in total. The van der Waals surface area contributed by atoms with Gasteiger partial charge in [-0.3, -0.25) is 4.79 Å². The Labute approximate surface area is 103 Å². The maximum Gasteiger partial charge on any atom is 0.252 e. The molecular formula is C11H14INO2. The Morgan fingerprint density at radius 1 is 1.47 bits per heavy atom. The summed E-state index contributed by atoms with van der Waals surface area (Å²) in [6, 6.07) is 5.59. The van der Waals surface area contributed by atoms with Gasteiger partial charge in [-0.05, 0) is 48.6 Å². The lowest BCUT2D eigenvalue weighted by atomic mass is 10.2. The molecule has 1 aromatic carbocycles. The van der Waals surface area contributed by atoms with Crippen molar-refractivity contribution < 1.29 is 9.53 Å². The van der Waals surface area contributed by atoms with E-state index in [0.29, 0.717) is 5.56 Å². The molecule has 0 heterocycles. The van der Waals surface area contributed by atoms with Gasteiger partial charge < -0.3 is 10.1 Å². The van der Waals surface area contributed by atoms with Gasteiger partial charge in [0.1, 0.15) is 5.75 Å². The highest BCUT2D eigenvalue weighted by molar-refractivity contribution is 14.1. The molecule has 0 fully saturated rings. The van der Waals surface area contributed by atoms with Crippen molar-refractivity contribution in [3.05, 3.63) is 27.3 Å². The van der Waals surface area contributed by atoms with E-state index in [1.54, 1.807) is 13.2 Å². The Kier molecular flexibility index (Phi) is 4.38. The fraction of sp³-hybridized carbons (Fsp3) is 0.364. The van der Waals surface area contributed by atoms with Crippen LogP contribution in [-0.2, 0) is 0 Å². The highest BCUT2D eigenvalue weighted by Crippen LogP contribution is 2.23. The quantitative estimate of drug-likeness (QED) is 0.869. The molecule has 1 rings (SSSR count). The van der Waals surface area contributed by atoms with Crippen LogP contribution in [0.3, 0.4) is 0 Å². The number of nitrogens with one attached hydrogen (secondary N) is 1. The molecule has 0 spiro atoms. The summed E-state index contributed by atoms with van der Waals surface area (Å²) in [4.78, 5) is 11.8. The monoisotopic (exact) mass is 319 g/mol. The van der Waals surface area contributed by atoms with Crippen molar-refractivity contribution in [1.82, 2.24) is 5.32 Å². The average Bonchev–Trinajstić information content (AvgIpc) is 2.17. The van der Waals surface area contributed by atoms with Crippen LogP contribution in [-0.4, -0.2) is 19.1 Å². The standard InChI is InChI=1S/C11H14INO2/c1-7(2)13-11(14)8-5-4-6-9(15-3)10(8)12/h4-7H,1-3H3,(H,13,14). The van der Waals surface area contributed by atoms with Crippen LogP contribution in [0.4, 0.5) is 0 Å². The van der Waals surface area contributed by atoms with Crippen LogP contribution < -0.4 is 10.1 Å². The van der Waals surface area contributed by atoms with Crippen LogP contribution in [0.5, 0.6) is 5.75 Å². The number of carbonyl (C=O) groups is 1. The van der Waals surface area contributed by atoms with E-state index in [1.807, 2.05) is 26.0 Å². The predicted molar refractivity (Wildman–Crippen MR) is 68.3 cm³/mol. The molecule has 0 atom stereocenters. The summed E-state index contributed by atoms with van der Waals surface area (Å²) in [5.41, 5.74) is 0.656. The number of carbonyl (C=O) groups excluding carboxylic acids is 1. The first-order valence-electron chi connectivity index (χ1n) is 4.69. The van der Waals surface area contributed by atoms with Crippen molar-refractivity contribution in [1.29, 1.82) is 0 Å². The van der Waals surface area contributed by atoms with E-state index >= 15 is 0 Å². The first-order valence-corrected chi connectivity index (χ1v) is 5.77. The number of amides is 1. The Morgan fingerprint density at radius 3 is 2.67 bits per heavy atom. The topological polar surface area (TPSA) is 38.3 Å². The summed E-state index contributed by atoms with van der Waals surface area (Å²) in [5.74, 6) is 0.667. The fourth-order valence-corrected chi connectivity index (χ4v) is 2.01. The third-order valence-corrected chi connectivity index (χ3v) is 2.96. The third-order valence-electron chi connectivity index (χ3n) is 1.85. The SMILES string of the molecule is COc1cccc(C(=O)NC(C)C)c1I. The van der Waals surface area contributed by atoms with Crippen molar-refractivity contribution in [3.63, 3.8) is 0 Å². The van der Waals surface area contributed by atoms with Gasteiger partial charge >= 0.3 is 0 Å². The number of hydrogen-bond acceptors (Lipinski definition) is 2. The zero-order chi connectivity index (χ0) is 11.4. The lowest BCUT2D eigenvalue weighted by Gasteiger charge is -2.11. The van der Waals surface area contributed by atoms with E-state index in [-0.39, 0.29) is 11.9 Å². The average molecular weight is 319 g/mol. The summed E-state index contributed by atoms with van der Waals surface area (Å²) in [6.45, 7) is 3.87. The normalized spacial score (nSPS) is 10.2. The van der Waals surface area contributed by atoms with E-state index in [1.165, 1.54) is 0 Å². The van der Waals surface area contributed by atoms with Crippen LogP contribution in [0, 0.1) is 3.57 Å². The van der Waals surface area contributed by atoms with Gasteiger partial charge in [-0.25, -0.2) is 0 Å². The van der Waals surface area contributed by atoms with E-state index in [4.69, 9.17) is 4.74 Å². The molecule has 0 aromatic heterocycles. The van der Waals surface area contributed by atoms with Gasteiger partial charge in [0, 0.05) is 6.04 Å². The number of halogens is 1. The zero-order valence-corrected chi connectivity index (χ0v) is 11.2. The summed E-state index contributed by atoms with van der Waals surface area (Å²) < 4.78 is 6.00. The van der Waals surface area contributed by atoms with Crippen LogP contribution in [0.1, 0.15) is 24.2 Å². The molecule has 0 saturated carbocycles. The summed E-state index contributed by atoms with van der Waals surface area (Å²) in [6.07, 6.45) is 0. The van der Waals surface area contributed by atoms with Gasteiger partial charge in [0.05, 0.1) is 16.2 Å². The van der Waals surface area contributed by atoms with Crippen molar-refractivity contribution in [2.45, 2.75) is 19.9 Å². The molecule has 0 aliphatic carbocycles. The molecule has 0 aliphatic heterocycles. The smallest absolute Gasteiger partial charge is 0.252 e. The number of rotatable bonds is 3. The summed E-state index contributed by atoms with van der Waals surface area (Å²) >= 11 is 2.12. The maximum atomic E-state index is 11.8. The minimum absolute atomic E-state index is 0.0618. The van der Waals surface area contributed by atoms with Gasteiger partial charge in [0.25, 0.3) is 5.91 Å². The van der Waals surface area contributed by atoms with E-state index in [2.05, 4.69) is 27.9 Å². The maximum absolute atomic E-state index is 11.8. The van der Waals surface area contributed by atoms with Gasteiger partial charge in [0.15, 0.2) is 0 Å². The van der Waals surface area contributed by atoms with Gasteiger partial charge in [-0.1, -0.05) is 6.07 Å². The molecule has 0 radical (unpaired) electrons. The molecule has 0 saturated heterocycles. The molecular weight excluding hydrogens is 305 g/mol. The molecule has 1 amide bonds. The van der Waals surface area contributed by atoms with Crippen LogP contribution >= 0.6 is 22.6 Å². The largest absolute Gasteiger partial charge is 0.496 e. The van der Waals surface area contributed by atoms with E-state index < -0.39 is 0 Å². The van der Waals surface area contributed by atoms with Gasteiger partial charge in [-0.15, -0.1) is 0 Å². The predicted octanol–water partition coefficient (Wildman–Crippen LogP) is 2.44. The minimum Gasteiger partial charge on any atom is -0.496 e. The second-order valence-corrected chi connectivity index (χ2v) is 4.53. The molecule has 82 valence electrons. The van der Waals surface area contributed by atoms with Crippen LogP contribution in [0.25, 0.3) is 0 Å². The highest BCUT2D eigenvalue weighted by Gasteiger charge is 2.13. The van der Waals surface area contributed by atoms with Crippen molar-refractivity contribution in [2.24, 2.45) is 0 Å². The lowest BCUT2D eigenvalue weighted by Crippen LogP contribution is -2.30. The highest BCUT2D eigenvalue weighted by atomic mass is 127. The van der Waals surface area contributed by atoms with Crippen molar-refractivity contribution in [2.75, 3.05) is 7.11 Å². The fourth-order valence-electron chi connectivity index (χ4n) is 1.18. The molecule has 4 heteroatoms. The van der Waals surface area contributed by atoms with E-state index in [0.717, 1.165) is 9.32 Å². The van der Waals surface area contributed by atoms with E-state index in [9.17, 15) is 4.79 Å². The number of hydrogen-bond donors (Lipinski definition) is 1. The van der Waals surface area contributed by atoms with Gasteiger partial charge in [-0.2, -0.15) is 0 Å². The Balaban J connectivity index is 2.99. The van der Waals surface area contributed by atoms with Crippen molar-refractivity contribution in [3.8, 4) is 5.75 Å². The Bertz CT molecular complexity index is 364. The summed E-state index contributed by atoms with van der Waals surface area (Å²) in [5, 5.41) is 2.85. The molecule has 1 aromatic rings. The van der Waals surface area contributed by atoms with Crippen molar-refractivity contribution >= 4 is 28.5 Å². The lowest BCUT2D eigenvalue weighted by molar-refractivity contribution is 0.0942. The molecule has 3 nitrogen and oxygen atoms in total. The summed E-state index contributed by atoms with van der Waals surface area (Å²) in [7, 11) is 1.60. The second kappa shape index (κ2) is 5.34. The molecule has 15 heavy (non-hydrogen) atoms. The third kappa shape index (κ3) is 3.09. The van der Waals surface area contributed by atoms with Gasteiger partial charge in [0.2, 0.25) is 0 Å².